The van der Waals surface area contributed by atoms with E-state index in [4.69, 9.17) is 4.74 Å². The van der Waals surface area contributed by atoms with Crippen LogP contribution in [0.25, 0.3) is 10.9 Å². The summed E-state index contributed by atoms with van der Waals surface area (Å²) in [6.45, 7) is -0.366. The molecule has 1 aliphatic rings. The molecular formula is C20H17N3O3S. The van der Waals surface area contributed by atoms with Gasteiger partial charge >= 0.3 is 5.97 Å². The first-order valence-electron chi connectivity index (χ1n) is 8.71. The summed E-state index contributed by atoms with van der Waals surface area (Å²) in [5, 5.41) is 13.6. The lowest BCUT2D eigenvalue weighted by atomic mass is 10.1. The lowest BCUT2D eigenvalue weighted by Crippen LogP contribution is -2.21. The molecule has 0 radical (unpaired) electrons. The van der Waals surface area contributed by atoms with Crippen molar-refractivity contribution < 1.29 is 14.3 Å². The van der Waals surface area contributed by atoms with Gasteiger partial charge in [-0.2, -0.15) is 5.26 Å². The standard InChI is InChI=1S/C20H17N3O3S/c21-9-15-14-5-3-7-17(14)27-20(15)23-18(24)11-26-19(25)8-12-10-22-16-6-2-1-4-13(12)16/h1-2,4,6,10,22H,3,5,7-8,11H2,(H,23,24). The number of nitrogens with one attached hydrogen (secondary N) is 2. The fraction of sp³-hybridized carbons (Fsp3) is 0.250. The summed E-state index contributed by atoms with van der Waals surface area (Å²) in [5.41, 5.74) is 3.38. The van der Waals surface area contributed by atoms with Crippen molar-refractivity contribution >= 4 is 39.1 Å². The van der Waals surface area contributed by atoms with E-state index < -0.39 is 11.9 Å². The molecule has 0 fully saturated rings. The van der Waals surface area contributed by atoms with Crippen LogP contribution in [0, 0.1) is 11.3 Å². The first-order chi connectivity index (χ1) is 13.2. The summed E-state index contributed by atoms with van der Waals surface area (Å²) in [5.74, 6) is -0.900. The maximum Gasteiger partial charge on any atom is 0.310 e. The number of thiophene rings is 1. The number of ether oxygens (including phenoxy) is 1. The van der Waals surface area contributed by atoms with Crippen molar-refractivity contribution in [2.45, 2.75) is 25.7 Å². The molecule has 0 spiro atoms. The molecule has 2 aromatic heterocycles. The number of para-hydroxylation sites is 1. The van der Waals surface area contributed by atoms with E-state index in [9.17, 15) is 14.9 Å². The molecule has 27 heavy (non-hydrogen) atoms. The van der Waals surface area contributed by atoms with Crippen LogP contribution in [-0.4, -0.2) is 23.5 Å². The molecule has 2 heterocycles. The normalized spacial score (nSPS) is 12.6. The van der Waals surface area contributed by atoms with Crippen LogP contribution in [0.1, 0.15) is 28.0 Å². The molecule has 0 unspecified atom stereocenters. The third-order valence-corrected chi connectivity index (χ3v) is 5.87. The van der Waals surface area contributed by atoms with Crippen molar-refractivity contribution in [1.82, 2.24) is 4.98 Å². The Morgan fingerprint density at radius 3 is 3.00 bits per heavy atom. The minimum absolute atomic E-state index is 0.0913. The number of nitriles is 1. The molecule has 1 amide bonds. The summed E-state index contributed by atoms with van der Waals surface area (Å²) in [6, 6.07) is 9.87. The third kappa shape index (κ3) is 3.44. The van der Waals surface area contributed by atoms with Gasteiger partial charge in [0.05, 0.1) is 12.0 Å². The molecule has 0 atom stereocenters. The number of carbonyl (C=O) groups is 2. The molecule has 2 N–H and O–H groups in total. The zero-order valence-corrected chi connectivity index (χ0v) is 15.3. The van der Waals surface area contributed by atoms with Crippen molar-refractivity contribution in [1.29, 1.82) is 5.26 Å². The van der Waals surface area contributed by atoms with Gasteiger partial charge in [0.15, 0.2) is 6.61 Å². The predicted molar refractivity (Wildman–Crippen MR) is 103 cm³/mol. The van der Waals surface area contributed by atoms with Gasteiger partial charge in [-0.05, 0) is 36.5 Å². The molecule has 0 bridgehead atoms. The molecule has 0 aliphatic heterocycles. The highest BCUT2D eigenvalue weighted by molar-refractivity contribution is 7.16. The Labute approximate surface area is 159 Å². The number of benzene rings is 1. The molecule has 0 saturated heterocycles. The van der Waals surface area contributed by atoms with E-state index >= 15 is 0 Å². The van der Waals surface area contributed by atoms with Crippen molar-refractivity contribution in [2.24, 2.45) is 0 Å². The first-order valence-corrected chi connectivity index (χ1v) is 9.52. The number of fused-ring (bicyclic) bond motifs is 2. The van der Waals surface area contributed by atoms with Crippen LogP contribution in [0.3, 0.4) is 0 Å². The van der Waals surface area contributed by atoms with Gasteiger partial charge in [0, 0.05) is 22.0 Å². The lowest BCUT2D eigenvalue weighted by Gasteiger charge is -2.06. The Morgan fingerprint density at radius 1 is 1.30 bits per heavy atom. The van der Waals surface area contributed by atoms with Gasteiger partial charge in [0.25, 0.3) is 5.91 Å². The van der Waals surface area contributed by atoms with Gasteiger partial charge in [-0.25, -0.2) is 0 Å². The maximum atomic E-state index is 12.1. The second kappa shape index (κ2) is 7.25. The van der Waals surface area contributed by atoms with Crippen LogP contribution in [0.4, 0.5) is 5.00 Å². The largest absolute Gasteiger partial charge is 0.455 e. The topological polar surface area (TPSA) is 95.0 Å². The smallest absolute Gasteiger partial charge is 0.310 e. The number of hydrogen-bond acceptors (Lipinski definition) is 5. The van der Waals surface area contributed by atoms with Crippen molar-refractivity contribution in [3.05, 3.63) is 52.0 Å². The van der Waals surface area contributed by atoms with Crippen molar-refractivity contribution in [3.8, 4) is 6.07 Å². The predicted octanol–water partition coefficient (Wildman–Crippen LogP) is 3.31. The van der Waals surface area contributed by atoms with Crippen LogP contribution in [0.2, 0.25) is 0 Å². The number of nitrogens with zero attached hydrogens (tertiary/aromatic N) is 1. The average molecular weight is 379 g/mol. The zero-order valence-electron chi connectivity index (χ0n) is 14.5. The number of amides is 1. The average Bonchev–Trinajstić information content (AvgIpc) is 3.35. The van der Waals surface area contributed by atoms with Gasteiger partial charge < -0.3 is 15.0 Å². The van der Waals surface area contributed by atoms with E-state index in [-0.39, 0.29) is 13.0 Å². The number of aromatic amines is 1. The summed E-state index contributed by atoms with van der Waals surface area (Å²) in [7, 11) is 0. The molecule has 4 rings (SSSR count). The minimum atomic E-state index is -0.468. The van der Waals surface area contributed by atoms with Gasteiger partial charge in [-0.3, -0.25) is 9.59 Å². The highest BCUT2D eigenvalue weighted by atomic mass is 32.1. The van der Waals surface area contributed by atoms with Crippen LogP contribution in [0.15, 0.2) is 30.5 Å². The summed E-state index contributed by atoms with van der Waals surface area (Å²) < 4.78 is 5.11. The Bertz CT molecular complexity index is 1070. The molecule has 0 saturated carbocycles. The minimum Gasteiger partial charge on any atom is -0.455 e. The van der Waals surface area contributed by atoms with Gasteiger partial charge in [-0.15, -0.1) is 11.3 Å². The van der Waals surface area contributed by atoms with Crippen LogP contribution >= 0.6 is 11.3 Å². The number of esters is 1. The van der Waals surface area contributed by atoms with Crippen molar-refractivity contribution in [2.75, 3.05) is 11.9 Å². The third-order valence-electron chi connectivity index (χ3n) is 4.66. The highest BCUT2D eigenvalue weighted by Gasteiger charge is 2.23. The van der Waals surface area contributed by atoms with Crippen LogP contribution in [0.5, 0.6) is 0 Å². The highest BCUT2D eigenvalue weighted by Crippen LogP contribution is 2.38. The lowest BCUT2D eigenvalue weighted by molar-refractivity contribution is -0.146. The number of anilines is 1. The number of rotatable bonds is 5. The number of aryl methyl sites for hydroxylation is 1. The molecule has 1 aliphatic carbocycles. The van der Waals surface area contributed by atoms with Gasteiger partial charge in [0.2, 0.25) is 0 Å². The quantitative estimate of drug-likeness (QED) is 0.665. The molecule has 1 aromatic carbocycles. The molecule has 6 nitrogen and oxygen atoms in total. The molecule has 3 aromatic rings. The van der Waals surface area contributed by atoms with E-state index in [0.717, 1.165) is 46.2 Å². The number of hydrogen-bond donors (Lipinski definition) is 2. The van der Waals surface area contributed by atoms with E-state index in [0.29, 0.717) is 10.6 Å². The Hall–Kier alpha value is -3.11. The second-order valence-corrected chi connectivity index (χ2v) is 7.52. The summed E-state index contributed by atoms with van der Waals surface area (Å²) in [6.07, 6.45) is 4.75. The summed E-state index contributed by atoms with van der Waals surface area (Å²) in [4.78, 5) is 28.5. The van der Waals surface area contributed by atoms with Crippen LogP contribution < -0.4 is 5.32 Å². The van der Waals surface area contributed by atoms with Gasteiger partial charge in [-0.1, -0.05) is 18.2 Å². The van der Waals surface area contributed by atoms with Gasteiger partial charge in [0.1, 0.15) is 11.1 Å². The van der Waals surface area contributed by atoms with Crippen molar-refractivity contribution in [3.63, 3.8) is 0 Å². The van der Waals surface area contributed by atoms with E-state index in [2.05, 4.69) is 16.4 Å². The Morgan fingerprint density at radius 2 is 2.15 bits per heavy atom. The Balaban J connectivity index is 1.34. The first kappa shape index (κ1) is 17.3. The SMILES string of the molecule is N#Cc1c(NC(=O)COC(=O)Cc2c[nH]c3ccccc23)sc2c1CCC2. The van der Waals surface area contributed by atoms with E-state index in [1.165, 1.54) is 11.3 Å². The number of carbonyl (C=O) groups excluding carboxylic acids is 2. The molecule has 136 valence electrons. The fourth-order valence-electron chi connectivity index (χ4n) is 3.40. The number of aromatic nitrogens is 1. The Kier molecular flexibility index (Phi) is 4.65. The van der Waals surface area contributed by atoms with E-state index in [1.807, 2.05) is 24.3 Å². The maximum absolute atomic E-state index is 12.1. The monoisotopic (exact) mass is 379 g/mol. The van der Waals surface area contributed by atoms with Crippen LogP contribution in [-0.2, 0) is 33.6 Å². The number of H-pyrrole nitrogens is 1. The second-order valence-electron chi connectivity index (χ2n) is 6.42. The molecular weight excluding hydrogens is 362 g/mol. The summed E-state index contributed by atoms with van der Waals surface area (Å²) >= 11 is 1.44. The molecule has 7 heteroatoms. The fourth-order valence-corrected chi connectivity index (χ4v) is 4.66. The zero-order chi connectivity index (χ0) is 18.8. The van der Waals surface area contributed by atoms with E-state index in [1.54, 1.807) is 6.20 Å².